The molecule has 0 radical (unpaired) electrons. The monoisotopic (exact) mass is 228 g/mol. The van der Waals surface area contributed by atoms with Crippen LogP contribution in [0.2, 0.25) is 0 Å². The van der Waals surface area contributed by atoms with Crippen LogP contribution in [0.3, 0.4) is 0 Å². The van der Waals surface area contributed by atoms with Gasteiger partial charge in [0.2, 0.25) is 0 Å². The number of benzene rings is 1. The van der Waals surface area contributed by atoms with E-state index in [4.69, 9.17) is 0 Å². The third-order valence-electron chi connectivity index (χ3n) is 2.63. The smallest absolute Gasteiger partial charge is 0.263 e. The highest BCUT2D eigenvalue weighted by Crippen LogP contribution is 2.25. The lowest BCUT2D eigenvalue weighted by atomic mass is 10.0. The minimum atomic E-state index is -2.47. The van der Waals surface area contributed by atoms with Crippen molar-refractivity contribution < 1.29 is 13.9 Å². The Bertz CT molecular complexity index is 313. The summed E-state index contributed by atoms with van der Waals surface area (Å²) in [6, 6.07) is 6.04. The van der Waals surface area contributed by atoms with Crippen LogP contribution in [0.15, 0.2) is 24.3 Å². The lowest BCUT2D eigenvalue weighted by Gasteiger charge is -2.11. The average Bonchev–Trinajstić information content (AvgIpc) is 2.29. The standard InChI is InChI=1S/C13H18F2O/c1-2-3-4-8-12(16)10-6-5-7-11(9-10)13(14)15/h5-7,9,12-13,16H,2-4,8H2,1H3. The Morgan fingerprint density at radius 1 is 1.19 bits per heavy atom. The van der Waals surface area contributed by atoms with Crippen LogP contribution in [0.1, 0.15) is 56.3 Å². The van der Waals surface area contributed by atoms with Gasteiger partial charge in [-0.1, -0.05) is 44.4 Å². The van der Waals surface area contributed by atoms with Crippen molar-refractivity contribution in [2.75, 3.05) is 0 Å². The highest BCUT2D eigenvalue weighted by atomic mass is 19.3. The summed E-state index contributed by atoms with van der Waals surface area (Å²) in [5.74, 6) is 0. The first kappa shape index (κ1) is 13.1. The summed E-state index contributed by atoms with van der Waals surface area (Å²) in [5, 5.41) is 9.81. The van der Waals surface area contributed by atoms with Gasteiger partial charge in [0.15, 0.2) is 0 Å². The largest absolute Gasteiger partial charge is 0.388 e. The van der Waals surface area contributed by atoms with Crippen LogP contribution in [0, 0.1) is 0 Å². The minimum Gasteiger partial charge on any atom is -0.388 e. The Morgan fingerprint density at radius 2 is 1.88 bits per heavy atom. The molecule has 0 heterocycles. The molecule has 1 atom stereocenters. The average molecular weight is 228 g/mol. The molecule has 0 spiro atoms. The maximum Gasteiger partial charge on any atom is 0.263 e. The molecule has 0 saturated heterocycles. The molecule has 16 heavy (non-hydrogen) atoms. The number of hydrogen-bond donors (Lipinski definition) is 1. The molecule has 0 aliphatic heterocycles. The minimum absolute atomic E-state index is 0.0213. The Hall–Kier alpha value is -0.960. The van der Waals surface area contributed by atoms with E-state index in [0.29, 0.717) is 12.0 Å². The summed E-state index contributed by atoms with van der Waals surface area (Å²) < 4.78 is 24.9. The summed E-state index contributed by atoms with van der Waals surface area (Å²) in [7, 11) is 0. The summed E-state index contributed by atoms with van der Waals surface area (Å²) in [6.07, 6.45) is 0.625. The van der Waals surface area contributed by atoms with Crippen molar-refractivity contribution in [2.45, 2.75) is 45.1 Å². The Balaban J connectivity index is 2.60. The van der Waals surface area contributed by atoms with Crippen molar-refractivity contribution in [3.63, 3.8) is 0 Å². The first-order chi connectivity index (χ1) is 7.65. The van der Waals surface area contributed by atoms with Crippen molar-refractivity contribution in [1.82, 2.24) is 0 Å². The second-order valence-corrected chi connectivity index (χ2v) is 3.98. The zero-order chi connectivity index (χ0) is 12.0. The molecule has 0 aliphatic rings. The van der Waals surface area contributed by atoms with Crippen LogP contribution < -0.4 is 0 Å². The molecule has 1 unspecified atom stereocenters. The molecule has 1 nitrogen and oxygen atoms in total. The number of unbranched alkanes of at least 4 members (excludes halogenated alkanes) is 2. The fraction of sp³-hybridized carbons (Fsp3) is 0.538. The third kappa shape index (κ3) is 3.89. The van der Waals surface area contributed by atoms with Crippen molar-refractivity contribution in [3.05, 3.63) is 35.4 Å². The molecule has 3 heteroatoms. The highest BCUT2D eigenvalue weighted by Gasteiger charge is 2.11. The first-order valence-electron chi connectivity index (χ1n) is 5.71. The van der Waals surface area contributed by atoms with Crippen LogP contribution >= 0.6 is 0 Å². The lowest BCUT2D eigenvalue weighted by Crippen LogP contribution is -1.98. The molecular formula is C13H18F2O. The topological polar surface area (TPSA) is 20.2 Å². The molecule has 0 amide bonds. The maximum absolute atomic E-state index is 12.4. The van der Waals surface area contributed by atoms with Crippen LogP contribution in [-0.2, 0) is 0 Å². The van der Waals surface area contributed by atoms with Crippen LogP contribution in [-0.4, -0.2) is 5.11 Å². The fourth-order valence-corrected chi connectivity index (χ4v) is 1.66. The van der Waals surface area contributed by atoms with E-state index in [2.05, 4.69) is 6.92 Å². The molecule has 0 aromatic heterocycles. The van der Waals surface area contributed by atoms with Gasteiger partial charge in [-0.2, -0.15) is 0 Å². The summed E-state index contributed by atoms with van der Waals surface area (Å²) in [6.45, 7) is 2.09. The maximum atomic E-state index is 12.4. The van der Waals surface area contributed by atoms with Gasteiger partial charge in [-0.15, -0.1) is 0 Å². The van der Waals surface area contributed by atoms with Crippen molar-refractivity contribution in [3.8, 4) is 0 Å². The van der Waals surface area contributed by atoms with Gasteiger partial charge >= 0.3 is 0 Å². The fourth-order valence-electron chi connectivity index (χ4n) is 1.66. The Labute approximate surface area is 95.1 Å². The summed E-state index contributed by atoms with van der Waals surface area (Å²) >= 11 is 0. The molecule has 1 N–H and O–H groups in total. The SMILES string of the molecule is CCCCCC(O)c1cccc(C(F)F)c1. The van der Waals surface area contributed by atoms with E-state index in [1.165, 1.54) is 12.1 Å². The van der Waals surface area contributed by atoms with Gasteiger partial charge in [0, 0.05) is 5.56 Å². The van der Waals surface area contributed by atoms with E-state index in [-0.39, 0.29) is 5.56 Å². The summed E-state index contributed by atoms with van der Waals surface area (Å²) in [4.78, 5) is 0. The van der Waals surface area contributed by atoms with Gasteiger partial charge in [-0.3, -0.25) is 0 Å². The molecule has 1 aromatic carbocycles. The third-order valence-corrected chi connectivity index (χ3v) is 2.63. The van der Waals surface area contributed by atoms with Gasteiger partial charge in [0.1, 0.15) is 0 Å². The molecule has 0 aliphatic carbocycles. The second kappa shape index (κ2) is 6.59. The van der Waals surface area contributed by atoms with Gasteiger partial charge in [0.05, 0.1) is 6.10 Å². The van der Waals surface area contributed by atoms with Crippen LogP contribution in [0.4, 0.5) is 8.78 Å². The Kier molecular flexibility index (Phi) is 5.39. The van der Waals surface area contributed by atoms with Gasteiger partial charge in [-0.25, -0.2) is 8.78 Å². The molecule has 1 aromatic rings. The number of aliphatic hydroxyl groups excluding tert-OH is 1. The number of rotatable bonds is 6. The van der Waals surface area contributed by atoms with Crippen molar-refractivity contribution >= 4 is 0 Å². The quantitative estimate of drug-likeness (QED) is 0.722. The molecule has 90 valence electrons. The first-order valence-corrected chi connectivity index (χ1v) is 5.71. The number of halogens is 2. The number of hydrogen-bond acceptors (Lipinski definition) is 1. The van der Waals surface area contributed by atoms with E-state index in [1.807, 2.05) is 0 Å². The van der Waals surface area contributed by atoms with Gasteiger partial charge in [0.25, 0.3) is 6.43 Å². The number of alkyl halides is 2. The highest BCUT2D eigenvalue weighted by molar-refractivity contribution is 5.25. The van der Waals surface area contributed by atoms with E-state index >= 15 is 0 Å². The normalized spacial score (nSPS) is 13.1. The van der Waals surface area contributed by atoms with E-state index in [1.54, 1.807) is 12.1 Å². The molecule has 0 fully saturated rings. The van der Waals surface area contributed by atoms with Crippen LogP contribution in [0.25, 0.3) is 0 Å². The summed E-state index contributed by atoms with van der Waals surface area (Å²) in [5.41, 5.74) is 0.570. The zero-order valence-electron chi connectivity index (χ0n) is 9.50. The molecule has 0 saturated carbocycles. The van der Waals surface area contributed by atoms with Gasteiger partial charge in [-0.05, 0) is 18.1 Å². The Morgan fingerprint density at radius 3 is 2.50 bits per heavy atom. The molecular weight excluding hydrogens is 210 g/mol. The zero-order valence-corrected chi connectivity index (χ0v) is 9.50. The van der Waals surface area contributed by atoms with Crippen LogP contribution in [0.5, 0.6) is 0 Å². The predicted molar refractivity (Wildman–Crippen MR) is 60.5 cm³/mol. The van der Waals surface area contributed by atoms with E-state index < -0.39 is 12.5 Å². The van der Waals surface area contributed by atoms with Gasteiger partial charge < -0.3 is 5.11 Å². The predicted octanol–water partition coefficient (Wildman–Crippen LogP) is 4.24. The number of aliphatic hydroxyl groups is 1. The molecule has 0 bridgehead atoms. The van der Waals surface area contributed by atoms with Crippen molar-refractivity contribution in [2.24, 2.45) is 0 Å². The second-order valence-electron chi connectivity index (χ2n) is 3.98. The molecule has 1 rings (SSSR count). The lowest BCUT2D eigenvalue weighted by molar-refractivity contribution is 0.148. The van der Waals surface area contributed by atoms with E-state index in [0.717, 1.165) is 19.3 Å². The van der Waals surface area contributed by atoms with Crippen molar-refractivity contribution in [1.29, 1.82) is 0 Å². The van der Waals surface area contributed by atoms with E-state index in [9.17, 15) is 13.9 Å².